The third-order valence-electron chi connectivity index (χ3n) is 2.95. The predicted molar refractivity (Wildman–Crippen MR) is 72.4 cm³/mol. The molecule has 1 heterocycles. The maximum atomic E-state index is 12.7. The molecule has 0 saturated heterocycles. The summed E-state index contributed by atoms with van der Waals surface area (Å²) < 4.78 is -0.427. The number of halogens is 1. The van der Waals surface area contributed by atoms with E-state index in [9.17, 15) is 5.21 Å². The van der Waals surface area contributed by atoms with Gasteiger partial charge < -0.3 is 10.1 Å². The summed E-state index contributed by atoms with van der Waals surface area (Å²) in [6, 6.07) is 7.77. The molecule has 2 rings (SSSR count). The molecule has 0 saturated carbocycles. The Morgan fingerprint density at radius 1 is 1.56 bits per heavy atom. The summed E-state index contributed by atoms with van der Waals surface area (Å²) in [4.78, 5) is 2.10. The highest BCUT2D eigenvalue weighted by atomic mass is 79.9. The average Bonchev–Trinajstić information content (AvgIpc) is 2.55. The Balaban J connectivity index is 2.47. The SMILES string of the molecule is C=C(C)[N+]1([O-])CN(CCBr)c2ccccc21. The van der Waals surface area contributed by atoms with Crippen LogP contribution in [0, 0.1) is 5.21 Å². The van der Waals surface area contributed by atoms with Crippen molar-refractivity contribution in [1.29, 1.82) is 0 Å². The molecule has 1 aromatic rings. The van der Waals surface area contributed by atoms with Gasteiger partial charge in [0.2, 0.25) is 0 Å². The number of anilines is 1. The van der Waals surface area contributed by atoms with E-state index in [1.807, 2.05) is 24.3 Å². The number of allylic oxidation sites excluding steroid dienone is 1. The van der Waals surface area contributed by atoms with Crippen molar-refractivity contribution < 1.29 is 0 Å². The van der Waals surface area contributed by atoms with E-state index in [1.165, 1.54) is 0 Å². The lowest BCUT2D eigenvalue weighted by Crippen LogP contribution is -2.44. The van der Waals surface area contributed by atoms with Gasteiger partial charge in [0.15, 0.2) is 12.4 Å². The summed E-state index contributed by atoms with van der Waals surface area (Å²) in [6.45, 7) is 6.89. The van der Waals surface area contributed by atoms with Crippen LogP contribution in [0.3, 0.4) is 0 Å². The van der Waals surface area contributed by atoms with Crippen molar-refractivity contribution in [2.75, 3.05) is 23.4 Å². The van der Waals surface area contributed by atoms with Gasteiger partial charge in [0.05, 0.1) is 0 Å². The third-order valence-corrected chi connectivity index (χ3v) is 3.31. The topological polar surface area (TPSA) is 26.3 Å². The molecule has 1 aliphatic rings. The van der Waals surface area contributed by atoms with E-state index in [0.29, 0.717) is 12.4 Å². The molecule has 0 spiro atoms. The van der Waals surface area contributed by atoms with Crippen molar-refractivity contribution in [2.24, 2.45) is 0 Å². The average molecular weight is 283 g/mol. The van der Waals surface area contributed by atoms with Crippen molar-refractivity contribution in [3.05, 3.63) is 41.7 Å². The van der Waals surface area contributed by atoms with Crippen LogP contribution < -0.4 is 9.55 Å². The Hall–Kier alpha value is -0.840. The molecule has 4 heteroatoms. The van der Waals surface area contributed by atoms with Gasteiger partial charge in [-0.1, -0.05) is 28.1 Å². The Kier molecular flexibility index (Phi) is 3.06. The third kappa shape index (κ3) is 1.67. The summed E-state index contributed by atoms with van der Waals surface area (Å²) in [7, 11) is 0. The van der Waals surface area contributed by atoms with Crippen LogP contribution in [0.5, 0.6) is 0 Å². The number of fused-ring (bicyclic) bond motifs is 1. The lowest BCUT2D eigenvalue weighted by atomic mass is 10.2. The fraction of sp³-hybridized carbons (Fsp3) is 0.333. The molecule has 0 amide bonds. The molecule has 0 fully saturated rings. The first-order chi connectivity index (χ1) is 7.59. The highest BCUT2D eigenvalue weighted by Crippen LogP contribution is 2.42. The number of benzene rings is 1. The van der Waals surface area contributed by atoms with E-state index >= 15 is 0 Å². The molecular formula is C12H15BrN2O. The molecule has 0 radical (unpaired) electrons. The van der Waals surface area contributed by atoms with Crippen molar-refractivity contribution in [1.82, 2.24) is 4.65 Å². The first-order valence-corrected chi connectivity index (χ1v) is 6.37. The molecule has 1 unspecified atom stereocenters. The van der Waals surface area contributed by atoms with Crippen LogP contribution in [0.2, 0.25) is 0 Å². The van der Waals surface area contributed by atoms with E-state index in [4.69, 9.17) is 0 Å². The minimum Gasteiger partial charge on any atom is -0.621 e. The normalized spacial score (nSPS) is 23.3. The van der Waals surface area contributed by atoms with Crippen LogP contribution in [-0.2, 0) is 0 Å². The van der Waals surface area contributed by atoms with Gasteiger partial charge in [-0.15, -0.1) is 0 Å². The summed E-state index contributed by atoms with van der Waals surface area (Å²) in [6.07, 6.45) is 0. The highest BCUT2D eigenvalue weighted by molar-refractivity contribution is 9.09. The van der Waals surface area contributed by atoms with Crippen molar-refractivity contribution in [3.8, 4) is 0 Å². The van der Waals surface area contributed by atoms with E-state index in [0.717, 1.165) is 23.2 Å². The van der Waals surface area contributed by atoms with Crippen LogP contribution in [0.4, 0.5) is 11.4 Å². The minimum atomic E-state index is -0.427. The second-order valence-electron chi connectivity index (χ2n) is 4.06. The van der Waals surface area contributed by atoms with Gasteiger partial charge in [-0.3, -0.25) is 4.65 Å². The number of hydroxylamine groups is 2. The molecule has 16 heavy (non-hydrogen) atoms. The molecule has 86 valence electrons. The van der Waals surface area contributed by atoms with Gasteiger partial charge in [0.1, 0.15) is 11.4 Å². The first kappa shape index (κ1) is 11.6. The monoisotopic (exact) mass is 282 g/mol. The van der Waals surface area contributed by atoms with Gasteiger partial charge in [-0.2, -0.15) is 0 Å². The second-order valence-corrected chi connectivity index (χ2v) is 4.85. The fourth-order valence-corrected chi connectivity index (χ4v) is 2.48. The molecule has 3 nitrogen and oxygen atoms in total. The quantitative estimate of drug-likeness (QED) is 0.484. The Labute approximate surface area is 104 Å². The number of rotatable bonds is 3. The van der Waals surface area contributed by atoms with E-state index in [1.54, 1.807) is 6.92 Å². The van der Waals surface area contributed by atoms with Crippen LogP contribution in [0.1, 0.15) is 6.92 Å². The molecule has 1 aliphatic heterocycles. The van der Waals surface area contributed by atoms with Crippen LogP contribution >= 0.6 is 15.9 Å². The number of para-hydroxylation sites is 2. The smallest absolute Gasteiger partial charge is 0.163 e. The minimum absolute atomic E-state index is 0.427. The molecular weight excluding hydrogens is 268 g/mol. The predicted octanol–water partition coefficient (Wildman–Crippen LogP) is 3.20. The van der Waals surface area contributed by atoms with Crippen LogP contribution in [-0.4, -0.2) is 18.5 Å². The Morgan fingerprint density at radius 2 is 2.25 bits per heavy atom. The molecule has 1 atom stereocenters. The molecule has 1 aromatic carbocycles. The summed E-state index contributed by atoms with van der Waals surface area (Å²) in [5, 5.41) is 13.5. The van der Waals surface area contributed by atoms with Gasteiger partial charge in [0.25, 0.3) is 0 Å². The Bertz CT molecular complexity index is 421. The van der Waals surface area contributed by atoms with Gasteiger partial charge in [-0.25, -0.2) is 0 Å². The zero-order valence-corrected chi connectivity index (χ0v) is 10.9. The maximum absolute atomic E-state index is 12.7. The zero-order chi connectivity index (χ0) is 11.8. The molecule has 0 aliphatic carbocycles. The maximum Gasteiger partial charge on any atom is 0.163 e. The number of alkyl halides is 1. The number of nitrogens with zero attached hydrogens (tertiary/aromatic N) is 2. The highest BCUT2D eigenvalue weighted by Gasteiger charge is 2.36. The standard InChI is InChI=1S/C12H15BrN2O/c1-10(2)15(16)9-14(8-7-13)11-5-3-4-6-12(11)15/h3-6H,1,7-9H2,2H3. The number of hydrogen-bond acceptors (Lipinski definition) is 2. The first-order valence-electron chi connectivity index (χ1n) is 5.25. The van der Waals surface area contributed by atoms with Crippen molar-refractivity contribution in [2.45, 2.75) is 6.92 Å². The van der Waals surface area contributed by atoms with E-state index in [2.05, 4.69) is 27.4 Å². The summed E-state index contributed by atoms with van der Waals surface area (Å²) >= 11 is 3.41. The van der Waals surface area contributed by atoms with E-state index < -0.39 is 4.65 Å². The number of quaternary nitrogens is 1. The van der Waals surface area contributed by atoms with Crippen molar-refractivity contribution in [3.63, 3.8) is 0 Å². The largest absolute Gasteiger partial charge is 0.621 e. The summed E-state index contributed by atoms with van der Waals surface area (Å²) in [5.41, 5.74) is 2.46. The van der Waals surface area contributed by atoms with E-state index in [-0.39, 0.29) is 0 Å². The van der Waals surface area contributed by atoms with Crippen LogP contribution in [0.15, 0.2) is 36.5 Å². The second kappa shape index (κ2) is 4.20. The van der Waals surface area contributed by atoms with Gasteiger partial charge >= 0.3 is 0 Å². The van der Waals surface area contributed by atoms with Gasteiger partial charge in [-0.05, 0) is 12.6 Å². The fourth-order valence-electron chi connectivity index (χ4n) is 2.05. The van der Waals surface area contributed by atoms with Crippen molar-refractivity contribution >= 4 is 27.3 Å². The molecule has 0 bridgehead atoms. The van der Waals surface area contributed by atoms with Gasteiger partial charge in [0, 0.05) is 24.9 Å². The molecule has 0 aromatic heterocycles. The summed E-state index contributed by atoms with van der Waals surface area (Å²) in [5.74, 6) is 0. The van der Waals surface area contributed by atoms with Crippen LogP contribution in [0.25, 0.3) is 0 Å². The molecule has 0 N–H and O–H groups in total. The lowest BCUT2D eigenvalue weighted by molar-refractivity contribution is 0.481. The number of hydrogen-bond donors (Lipinski definition) is 0. The lowest BCUT2D eigenvalue weighted by Gasteiger charge is -2.37. The Morgan fingerprint density at radius 3 is 2.88 bits per heavy atom. The zero-order valence-electron chi connectivity index (χ0n) is 9.32.